The summed E-state index contributed by atoms with van der Waals surface area (Å²) in [7, 11) is 0. The van der Waals surface area contributed by atoms with Crippen LogP contribution in [0.4, 0.5) is 14.5 Å². The maximum atomic E-state index is 12.5. The fraction of sp³-hybridized carbons (Fsp3) is 0.364. The lowest BCUT2D eigenvalue weighted by atomic mass is 10.2. The fourth-order valence-corrected chi connectivity index (χ4v) is 1.28. The van der Waals surface area contributed by atoms with Crippen LogP contribution in [-0.4, -0.2) is 10.0 Å². The van der Waals surface area contributed by atoms with E-state index in [0.717, 1.165) is 22.6 Å². The van der Waals surface area contributed by atoms with Crippen LogP contribution in [0.2, 0.25) is 0 Å². The summed E-state index contributed by atoms with van der Waals surface area (Å²) in [5.41, 5.74) is 0.549. The molecule has 0 saturated heterocycles. The minimum atomic E-state index is -3.24. The first-order valence-electron chi connectivity index (χ1n) is 4.94. The second-order valence-corrected chi connectivity index (χ2v) is 4.97. The van der Waals surface area contributed by atoms with Gasteiger partial charge < -0.3 is 10.1 Å². The molecule has 1 N–H and O–H groups in total. The van der Waals surface area contributed by atoms with Gasteiger partial charge >= 0.3 is 4.12 Å². The maximum absolute atomic E-state index is 12.5. The molecule has 0 unspecified atom stereocenters. The Morgan fingerprint density at radius 3 is 2.29 bits per heavy atom. The van der Waals surface area contributed by atoms with Crippen molar-refractivity contribution in [3.8, 4) is 5.75 Å². The molecule has 0 spiro atoms. The van der Waals surface area contributed by atoms with Crippen molar-refractivity contribution in [2.75, 3.05) is 5.32 Å². The Kier molecular flexibility index (Phi) is 4.67. The molecule has 0 aliphatic carbocycles. The Morgan fingerprint density at radius 1 is 1.35 bits per heavy atom. The molecule has 0 bridgehead atoms. The van der Waals surface area contributed by atoms with Crippen molar-refractivity contribution in [2.45, 2.75) is 18.0 Å². The van der Waals surface area contributed by atoms with Crippen molar-refractivity contribution in [2.24, 2.45) is 5.92 Å². The van der Waals surface area contributed by atoms with Crippen molar-refractivity contribution >= 4 is 34.2 Å². The minimum absolute atomic E-state index is 0.0481. The lowest BCUT2D eigenvalue weighted by molar-refractivity contribution is -0.118. The van der Waals surface area contributed by atoms with E-state index in [1.165, 1.54) is 24.3 Å². The average Bonchev–Trinajstić information content (AvgIpc) is 2.18. The van der Waals surface area contributed by atoms with E-state index in [4.69, 9.17) is 0 Å². The molecule has 0 radical (unpaired) electrons. The zero-order valence-electron chi connectivity index (χ0n) is 9.34. The molecule has 0 aromatic heterocycles. The number of ether oxygens (including phenoxy) is 1. The van der Waals surface area contributed by atoms with Crippen molar-refractivity contribution < 1.29 is 18.3 Å². The van der Waals surface area contributed by atoms with E-state index >= 15 is 0 Å². The van der Waals surface area contributed by atoms with Crippen molar-refractivity contribution in [1.82, 2.24) is 0 Å². The Bertz CT molecular complexity index is 387. The molecule has 3 nitrogen and oxygen atoms in total. The first-order chi connectivity index (χ1) is 7.78. The highest BCUT2D eigenvalue weighted by molar-refractivity contribution is 14.1. The standard InChI is InChI=1S/C11H12F2INO2/c1-7(2)10(16)15-8-3-5-9(6-4-8)17-11(12,13)14/h3-7H,1-2H3,(H,15,16). The average molecular weight is 355 g/mol. The van der Waals surface area contributed by atoms with Gasteiger partial charge in [-0.1, -0.05) is 13.8 Å². The van der Waals surface area contributed by atoms with E-state index in [0.29, 0.717) is 5.69 Å². The molecule has 0 aliphatic rings. The molecule has 1 rings (SSSR count). The van der Waals surface area contributed by atoms with Crippen LogP contribution in [-0.2, 0) is 4.79 Å². The molecule has 1 amide bonds. The molecule has 0 aliphatic heterocycles. The summed E-state index contributed by atoms with van der Waals surface area (Å²) in [6.07, 6.45) is 0. The van der Waals surface area contributed by atoms with Gasteiger partial charge in [0.2, 0.25) is 5.91 Å². The van der Waals surface area contributed by atoms with Gasteiger partial charge in [0.15, 0.2) is 0 Å². The first-order valence-corrected chi connectivity index (χ1v) is 6.02. The van der Waals surface area contributed by atoms with Gasteiger partial charge in [0.1, 0.15) is 5.75 Å². The number of benzene rings is 1. The fourth-order valence-electron chi connectivity index (χ4n) is 1.03. The number of carbonyl (C=O) groups is 1. The van der Waals surface area contributed by atoms with Crippen molar-refractivity contribution in [1.29, 1.82) is 0 Å². The summed E-state index contributed by atoms with van der Waals surface area (Å²) in [6, 6.07) is 5.78. The topological polar surface area (TPSA) is 38.3 Å². The number of anilines is 1. The third kappa shape index (κ3) is 5.29. The molecule has 1 aromatic carbocycles. The Balaban J connectivity index is 2.65. The van der Waals surface area contributed by atoms with Crippen LogP contribution < -0.4 is 10.1 Å². The second-order valence-electron chi connectivity index (χ2n) is 3.72. The van der Waals surface area contributed by atoms with Crippen LogP contribution in [0.3, 0.4) is 0 Å². The number of rotatable bonds is 4. The summed E-state index contributed by atoms with van der Waals surface area (Å²) in [6.45, 7) is 3.53. The maximum Gasteiger partial charge on any atom is 0.451 e. The van der Waals surface area contributed by atoms with Gasteiger partial charge in [-0.05, 0) is 24.3 Å². The number of nitrogens with one attached hydrogen (secondary N) is 1. The number of hydrogen-bond acceptors (Lipinski definition) is 2. The van der Waals surface area contributed by atoms with Gasteiger partial charge in [-0.3, -0.25) is 4.79 Å². The summed E-state index contributed by atoms with van der Waals surface area (Å²) in [4.78, 5) is 11.4. The Morgan fingerprint density at radius 2 is 1.88 bits per heavy atom. The molecular formula is C11H12F2INO2. The van der Waals surface area contributed by atoms with E-state index in [2.05, 4.69) is 10.1 Å². The zero-order chi connectivity index (χ0) is 13.1. The first kappa shape index (κ1) is 14.1. The Labute approximate surface area is 112 Å². The van der Waals surface area contributed by atoms with E-state index in [9.17, 15) is 13.6 Å². The van der Waals surface area contributed by atoms with E-state index in [1.54, 1.807) is 13.8 Å². The highest BCUT2D eigenvalue weighted by Gasteiger charge is 2.26. The normalized spacial score (nSPS) is 11.4. The highest BCUT2D eigenvalue weighted by Crippen LogP contribution is 2.28. The van der Waals surface area contributed by atoms with Gasteiger partial charge in [-0.2, -0.15) is 8.78 Å². The van der Waals surface area contributed by atoms with Crippen LogP contribution in [0, 0.1) is 5.92 Å². The predicted molar refractivity (Wildman–Crippen MR) is 69.5 cm³/mol. The SMILES string of the molecule is CC(C)C(=O)Nc1ccc(OC(F)(F)I)cc1. The largest absolute Gasteiger partial charge is 0.451 e. The lowest BCUT2D eigenvalue weighted by Crippen LogP contribution is -2.18. The molecule has 0 fully saturated rings. The van der Waals surface area contributed by atoms with E-state index in [-0.39, 0.29) is 17.6 Å². The smallest absolute Gasteiger partial charge is 0.425 e. The molecule has 1 aromatic rings. The molecule has 0 saturated carbocycles. The van der Waals surface area contributed by atoms with Gasteiger partial charge in [0.25, 0.3) is 0 Å². The summed E-state index contributed by atoms with van der Waals surface area (Å²) >= 11 is 0.892. The lowest BCUT2D eigenvalue weighted by Gasteiger charge is -2.12. The molecule has 6 heteroatoms. The number of hydrogen-bond donors (Lipinski definition) is 1. The molecule has 94 valence electrons. The van der Waals surface area contributed by atoms with Crippen LogP contribution in [0.1, 0.15) is 13.8 Å². The molecule has 0 atom stereocenters. The highest BCUT2D eigenvalue weighted by atomic mass is 127. The summed E-state index contributed by atoms with van der Waals surface area (Å²) in [5.74, 6) is -0.213. The van der Waals surface area contributed by atoms with Gasteiger partial charge in [-0.15, -0.1) is 0 Å². The van der Waals surface area contributed by atoms with E-state index in [1.807, 2.05) is 0 Å². The number of alkyl halides is 3. The number of amides is 1. The second kappa shape index (κ2) is 5.61. The van der Waals surface area contributed by atoms with Crippen LogP contribution >= 0.6 is 22.6 Å². The third-order valence-corrected chi connectivity index (χ3v) is 2.10. The molecule has 0 heterocycles. The van der Waals surface area contributed by atoms with Crippen LogP contribution in [0.25, 0.3) is 0 Å². The van der Waals surface area contributed by atoms with Gasteiger partial charge in [0, 0.05) is 11.6 Å². The van der Waals surface area contributed by atoms with Crippen LogP contribution in [0.5, 0.6) is 5.75 Å². The quantitative estimate of drug-likeness (QED) is 0.662. The van der Waals surface area contributed by atoms with Gasteiger partial charge in [-0.25, -0.2) is 0 Å². The minimum Gasteiger partial charge on any atom is -0.425 e. The molecule has 17 heavy (non-hydrogen) atoms. The monoisotopic (exact) mass is 355 g/mol. The van der Waals surface area contributed by atoms with Gasteiger partial charge in [0.05, 0.1) is 22.6 Å². The summed E-state index contributed by atoms with van der Waals surface area (Å²) < 4.78 is 26.2. The third-order valence-electron chi connectivity index (χ3n) is 1.88. The predicted octanol–water partition coefficient (Wildman–Crippen LogP) is 3.65. The number of halogens is 3. The number of carbonyl (C=O) groups excluding carboxylic acids is 1. The zero-order valence-corrected chi connectivity index (χ0v) is 11.5. The molecular weight excluding hydrogens is 343 g/mol. The Hall–Kier alpha value is -0.920. The van der Waals surface area contributed by atoms with Crippen molar-refractivity contribution in [3.63, 3.8) is 0 Å². The van der Waals surface area contributed by atoms with Crippen molar-refractivity contribution in [3.05, 3.63) is 24.3 Å². The van der Waals surface area contributed by atoms with E-state index < -0.39 is 4.12 Å². The summed E-state index contributed by atoms with van der Waals surface area (Å²) in [5, 5.41) is 2.65. The van der Waals surface area contributed by atoms with Crippen LogP contribution in [0.15, 0.2) is 24.3 Å².